The summed E-state index contributed by atoms with van der Waals surface area (Å²) in [5, 5.41) is 0. The minimum Gasteiger partial charge on any atom is -0.461 e. The SMILES string of the molecule is O=C(CCC(=O)OCc1c(F)c(F)c(F)c(F)c1F)OCc1c(F)c(F)c(F)c(F)c1F. The Hall–Kier alpha value is -3.32. The molecule has 2 aromatic carbocycles. The minimum atomic E-state index is -2.42. The Morgan fingerprint density at radius 3 is 0.906 bits per heavy atom. The molecule has 0 N–H and O–H groups in total. The molecule has 0 aliphatic heterocycles. The maximum Gasteiger partial charge on any atom is 0.306 e. The summed E-state index contributed by atoms with van der Waals surface area (Å²) in [6.07, 6.45) is -1.77. The Balaban J connectivity index is 1.92. The number of carbonyl (C=O) groups excluding carboxylic acids is 2. The Morgan fingerprint density at radius 1 is 0.438 bits per heavy atom. The first-order valence-corrected chi connectivity index (χ1v) is 8.20. The van der Waals surface area contributed by atoms with Gasteiger partial charge in [0, 0.05) is 0 Å². The number of ether oxygens (including phenoxy) is 2. The predicted molar refractivity (Wildman–Crippen MR) is 81.3 cm³/mol. The third kappa shape index (κ3) is 4.94. The van der Waals surface area contributed by atoms with Crippen LogP contribution in [0.15, 0.2) is 0 Å². The normalized spacial score (nSPS) is 10.9. The standard InChI is InChI=1S/C18H8F10O4/c19-9-5(10(20)14(24)17(27)13(9)23)3-31-7(29)1-2-8(30)32-4-6-11(21)15(25)18(28)16(26)12(6)22/h1-4H2. The number of rotatable bonds is 7. The molecular formula is C18H8F10O4. The second-order valence-electron chi connectivity index (χ2n) is 5.92. The van der Waals surface area contributed by atoms with Crippen LogP contribution >= 0.6 is 0 Å². The van der Waals surface area contributed by atoms with E-state index in [1.807, 2.05) is 0 Å². The van der Waals surface area contributed by atoms with Gasteiger partial charge in [-0.15, -0.1) is 0 Å². The molecule has 2 rings (SSSR count). The summed E-state index contributed by atoms with van der Waals surface area (Å²) >= 11 is 0. The topological polar surface area (TPSA) is 52.6 Å². The molecule has 0 fully saturated rings. The molecule has 0 radical (unpaired) electrons. The van der Waals surface area contributed by atoms with Crippen molar-refractivity contribution in [3.63, 3.8) is 0 Å². The van der Waals surface area contributed by atoms with E-state index >= 15 is 0 Å². The molecule has 0 atom stereocenters. The lowest BCUT2D eigenvalue weighted by Gasteiger charge is -2.10. The van der Waals surface area contributed by atoms with Gasteiger partial charge in [0.15, 0.2) is 46.5 Å². The van der Waals surface area contributed by atoms with Gasteiger partial charge in [0.1, 0.15) is 13.2 Å². The van der Waals surface area contributed by atoms with Crippen molar-refractivity contribution in [1.82, 2.24) is 0 Å². The maximum absolute atomic E-state index is 13.5. The summed E-state index contributed by atoms with van der Waals surface area (Å²) in [6.45, 7) is -2.77. The van der Waals surface area contributed by atoms with Crippen molar-refractivity contribution in [3.8, 4) is 0 Å². The van der Waals surface area contributed by atoms with Gasteiger partial charge >= 0.3 is 11.9 Å². The number of esters is 2. The molecular weight excluding hydrogens is 470 g/mol. The van der Waals surface area contributed by atoms with Gasteiger partial charge in [-0.3, -0.25) is 9.59 Å². The predicted octanol–water partition coefficient (Wildman–Crippen LogP) is 4.64. The van der Waals surface area contributed by atoms with Gasteiger partial charge in [-0.2, -0.15) is 0 Å². The Morgan fingerprint density at radius 2 is 0.656 bits per heavy atom. The van der Waals surface area contributed by atoms with Crippen molar-refractivity contribution in [1.29, 1.82) is 0 Å². The Labute approximate surface area is 171 Å². The molecule has 0 spiro atoms. The first-order chi connectivity index (χ1) is 14.9. The third-order valence-electron chi connectivity index (χ3n) is 3.89. The van der Waals surface area contributed by atoms with E-state index in [4.69, 9.17) is 0 Å². The molecule has 174 valence electrons. The number of hydrogen-bond donors (Lipinski definition) is 0. The van der Waals surface area contributed by atoms with Crippen molar-refractivity contribution in [3.05, 3.63) is 69.3 Å². The van der Waals surface area contributed by atoms with E-state index in [9.17, 15) is 53.5 Å². The second kappa shape index (κ2) is 9.87. The van der Waals surface area contributed by atoms with Gasteiger partial charge < -0.3 is 9.47 Å². The largest absolute Gasteiger partial charge is 0.461 e. The minimum absolute atomic E-state index is 0.884. The van der Waals surface area contributed by atoms with Crippen molar-refractivity contribution in [2.24, 2.45) is 0 Å². The maximum atomic E-state index is 13.5. The lowest BCUT2D eigenvalue weighted by Crippen LogP contribution is -2.14. The molecule has 0 aromatic heterocycles. The van der Waals surface area contributed by atoms with Crippen LogP contribution in [-0.2, 0) is 32.3 Å². The molecule has 0 aliphatic carbocycles. The third-order valence-corrected chi connectivity index (χ3v) is 3.89. The summed E-state index contributed by atoms with van der Waals surface area (Å²) in [5.74, 6) is -25.6. The van der Waals surface area contributed by atoms with Crippen molar-refractivity contribution >= 4 is 11.9 Å². The van der Waals surface area contributed by atoms with Crippen LogP contribution in [0.2, 0.25) is 0 Å². The van der Waals surface area contributed by atoms with Crippen LogP contribution in [0.1, 0.15) is 24.0 Å². The van der Waals surface area contributed by atoms with E-state index in [1.54, 1.807) is 0 Å². The van der Waals surface area contributed by atoms with Gasteiger partial charge in [0.25, 0.3) is 0 Å². The first-order valence-electron chi connectivity index (χ1n) is 8.20. The summed E-state index contributed by atoms with van der Waals surface area (Å²) in [7, 11) is 0. The van der Waals surface area contributed by atoms with Gasteiger partial charge in [-0.1, -0.05) is 0 Å². The highest BCUT2D eigenvalue weighted by atomic mass is 19.2. The first kappa shape index (κ1) is 24.9. The molecule has 0 amide bonds. The highest BCUT2D eigenvalue weighted by Crippen LogP contribution is 2.25. The van der Waals surface area contributed by atoms with E-state index < -0.39 is 107 Å². The summed E-state index contributed by atoms with van der Waals surface area (Å²) in [5.41, 5.74) is -2.91. The van der Waals surface area contributed by atoms with E-state index in [0.717, 1.165) is 0 Å². The lowest BCUT2D eigenvalue weighted by molar-refractivity contribution is -0.151. The molecule has 0 heterocycles. The molecule has 32 heavy (non-hydrogen) atoms. The molecule has 0 aliphatic rings. The quantitative estimate of drug-likeness (QED) is 0.252. The highest BCUT2D eigenvalue weighted by molar-refractivity contribution is 5.77. The zero-order valence-electron chi connectivity index (χ0n) is 15.2. The van der Waals surface area contributed by atoms with Crippen LogP contribution in [0.25, 0.3) is 0 Å². The molecule has 0 unspecified atom stereocenters. The molecule has 2 aromatic rings. The van der Waals surface area contributed by atoms with E-state index in [2.05, 4.69) is 9.47 Å². The second-order valence-corrected chi connectivity index (χ2v) is 5.92. The van der Waals surface area contributed by atoms with Crippen LogP contribution < -0.4 is 0 Å². The Kier molecular flexibility index (Phi) is 7.69. The number of halogens is 10. The van der Waals surface area contributed by atoms with E-state index in [1.165, 1.54) is 0 Å². The lowest BCUT2D eigenvalue weighted by atomic mass is 10.2. The van der Waals surface area contributed by atoms with Crippen LogP contribution in [0, 0.1) is 58.2 Å². The smallest absolute Gasteiger partial charge is 0.306 e. The molecule has 0 saturated carbocycles. The van der Waals surface area contributed by atoms with Gasteiger partial charge in [-0.25, -0.2) is 43.9 Å². The summed E-state index contributed by atoms with van der Waals surface area (Å²) < 4.78 is 140. The van der Waals surface area contributed by atoms with Gasteiger partial charge in [-0.05, 0) is 0 Å². The average Bonchev–Trinajstić information content (AvgIpc) is 2.77. The van der Waals surface area contributed by atoms with Crippen molar-refractivity contribution in [2.45, 2.75) is 26.1 Å². The molecule has 4 nitrogen and oxygen atoms in total. The average molecular weight is 478 g/mol. The zero-order chi connectivity index (χ0) is 24.3. The van der Waals surface area contributed by atoms with Crippen LogP contribution in [0.5, 0.6) is 0 Å². The van der Waals surface area contributed by atoms with Crippen LogP contribution in [0.4, 0.5) is 43.9 Å². The Bertz CT molecular complexity index is 943. The van der Waals surface area contributed by atoms with Crippen LogP contribution in [0.3, 0.4) is 0 Å². The van der Waals surface area contributed by atoms with Gasteiger partial charge in [0.05, 0.1) is 24.0 Å². The monoisotopic (exact) mass is 478 g/mol. The van der Waals surface area contributed by atoms with E-state index in [0.29, 0.717) is 0 Å². The number of hydrogen-bond acceptors (Lipinski definition) is 4. The number of carbonyl (C=O) groups is 2. The molecule has 0 bridgehead atoms. The van der Waals surface area contributed by atoms with Gasteiger partial charge in [0.2, 0.25) is 11.6 Å². The summed E-state index contributed by atoms with van der Waals surface area (Å²) in [4.78, 5) is 23.0. The fraction of sp³-hybridized carbons (Fsp3) is 0.222. The highest BCUT2D eigenvalue weighted by Gasteiger charge is 2.27. The van der Waals surface area contributed by atoms with E-state index in [-0.39, 0.29) is 0 Å². The fourth-order valence-electron chi connectivity index (χ4n) is 2.21. The molecule has 0 saturated heterocycles. The van der Waals surface area contributed by atoms with Crippen molar-refractivity contribution in [2.75, 3.05) is 0 Å². The van der Waals surface area contributed by atoms with Crippen molar-refractivity contribution < 1.29 is 63.0 Å². The molecule has 14 heteroatoms. The van der Waals surface area contributed by atoms with Crippen LogP contribution in [-0.4, -0.2) is 11.9 Å². The fourth-order valence-corrected chi connectivity index (χ4v) is 2.21. The number of benzene rings is 2. The zero-order valence-corrected chi connectivity index (χ0v) is 15.2. The summed E-state index contributed by atoms with van der Waals surface area (Å²) in [6, 6.07) is 0.